The molecule has 0 aliphatic heterocycles. The van der Waals surface area contributed by atoms with E-state index in [-0.39, 0.29) is 29.8 Å². The van der Waals surface area contributed by atoms with E-state index in [2.05, 4.69) is 5.32 Å². The van der Waals surface area contributed by atoms with Crippen molar-refractivity contribution in [2.45, 2.75) is 24.9 Å². The van der Waals surface area contributed by atoms with Gasteiger partial charge in [-0.2, -0.15) is 0 Å². The van der Waals surface area contributed by atoms with Gasteiger partial charge in [-0.25, -0.2) is 4.79 Å². The molecule has 1 unspecified atom stereocenters. The minimum absolute atomic E-state index is 0.00779. The number of nitrogen functional groups attached to an aromatic ring is 1. The number of ketones is 1. The van der Waals surface area contributed by atoms with Crippen LogP contribution in [0.4, 0.5) is 5.69 Å². The molecule has 0 aliphatic rings. The number of carboxylic acid groups (broad SMARTS) is 1. The minimum atomic E-state index is -1.25. The molecule has 0 spiro atoms. The molecule has 0 aliphatic carbocycles. The van der Waals surface area contributed by atoms with Crippen molar-refractivity contribution < 1.29 is 24.6 Å². The molecule has 0 radical (unpaired) electrons. The average molecular weight is 406 g/mol. The van der Waals surface area contributed by atoms with Gasteiger partial charge in [-0.15, -0.1) is 0 Å². The highest BCUT2D eigenvalue weighted by Gasteiger charge is 2.25. The average Bonchev–Trinajstić information content (AvgIpc) is 2.62. The first-order chi connectivity index (χ1) is 13.2. The Bertz CT molecular complexity index is 886. The lowest BCUT2D eigenvalue weighted by atomic mass is 10.0. The molecule has 2 atom stereocenters. The zero-order chi connectivity index (χ0) is 20.8. The molecule has 0 bridgehead atoms. The van der Waals surface area contributed by atoms with Crippen LogP contribution < -0.4 is 16.8 Å². The van der Waals surface area contributed by atoms with Crippen molar-refractivity contribution >= 4 is 34.9 Å². The van der Waals surface area contributed by atoms with Crippen LogP contribution in [0.2, 0.25) is 5.02 Å². The summed E-state index contributed by atoms with van der Waals surface area (Å²) in [4.78, 5) is 36.0. The van der Waals surface area contributed by atoms with E-state index in [0.717, 1.165) is 0 Å². The Balaban J connectivity index is 2.01. The Morgan fingerprint density at radius 2 is 1.75 bits per heavy atom. The molecule has 0 fully saturated rings. The van der Waals surface area contributed by atoms with E-state index in [1.165, 1.54) is 30.3 Å². The molecular formula is C19H20ClN3O5. The molecule has 2 rings (SSSR count). The van der Waals surface area contributed by atoms with E-state index in [1.807, 2.05) is 0 Å². The first-order valence-electron chi connectivity index (χ1n) is 8.32. The molecule has 7 N–H and O–H groups in total. The van der Waals surface area contributed by atoms with Crippen LogP contribution in [-0.4, -0.2) is 40.0 Å². The number of hydrogen-bond donors (Lipinski definition) is 5. The summed E-state index contributed by atoms with van der Waals surface area (Å²) in [5.41, 5.74) is 12.5. The number of aromatic hydroxyl groups is 1. The third kappa shape index (κ3) is 5.70. The number of hydrogen-bond acceptors (Lipinski definition) is 6. The van der Waals surface area contributed by atoms with Gasteiger partial charge in [0.15, 0.2) is 5.78 Å². The van der Waals surface area contributed by atoms with Gasteiger partial charge in [0.2, 0.25) is 5.91 Å². The van der Waals surface area contributed by atoms with Crippen molar-refractivity contribution in [3.8, 4) is 5.75 Å². The van der Waals surface area contributed by atoms with Crippen LogP contribution in [0.25, 0.3) is 0 Å². The summed E-state index contributed by atoms with van der Waals surface area (Å²) in [5.74, 6) is -2.43. The molecule has 1 amide bonds. The monoisotopic (exact) mass is 405 g/mol. The molecule has 9 heteroatoms. The van der Waals surface area contributed by atoms with Crippen LogP contribution in [-0.2, 0) is 16.0 Å². The van der Waals surface area contributed by atoms with Gasteiger partial charge < -0.3 is 27.0 Å². The number of carbonyl (C=O) groups excluding carboxylic acids is 2. The number of aliphatic carboxylic acids is 1. The Morgan fingerprint density at radius 3 is 2.32 bits per heavy atom. The SMILES string of the molecule is Nc1cc(Cl)ccc1C(=O)CC(N)C(=O)N[C@@H](Cc1ccc(O)cc1)C(=O)O. The van der Waals surface area contributed by atoms with Crippen LogP contribution in [0, 0.1) is 0 Å². The van der Waals surface area contributed by atoms with Crippen molar-refractivity contribution in [1.82, 2.24) is 5.32 Å². The lowest BCUT2D eigenvalue weighted by molar-refractivity contribution is -0.141. The topological polar surface area (TPSA) is 156 Å². The first kappa shape index (κ1) is 21.2. The normalized spacial score (nSPS) is 12.8. The van der Waals surface area contributed by atoms with Gasteiger partial charge in [0, 0.05) is 29.1 Å². The number of amides is 1. The van der Waals surface area contributed by atoms with Gasteiger partial charge in [-0.3, -0.25) is 9.59 Å². The highest BCUT2D eigenvalue weighted by molar-refractivity contribution is 6.31. The number of carboxylic acids is 1. The van der Waals surface area contributed by atoms with Crippen molar-refractivity contribution in [1.29, 1.82) is 0 Å². The van der Waals surface area contributed by atoms with E-state index in [4.69, 9.17) is 23.1 Å². The number of halogens is 1. The van der Waals surface area contributed by atoms with Crippen LogP contribution in [0.1, 0.15) is 22.3 Å². The summed E-state index contributed by atoms with van der Waals surface area (Å²) in [6, 6.07) is 7.79. The predicted octanol–water partition coefficient (Wildman–Crippen LogP) is 1.34. The van der Waals surface area contributed by atoms with Gasteiger partial charge in [0.05, 0.1) is 6.04 Å². The fourth-order valence-corrected chi connectivity index (χ4v) is 2.72. The fraction of sp³-hybridized carbons (Fsp3) is 0.211. The molecule has 148 valence electrons. The van der Waals surface area contributed by atoms with Crippen molar-refractivity contribution in [2.75, 3.05) is 5.73 Å². The zero-order valence-electron chi connectivity index (χ0n) is 14.8. The van der Waals surface area contributed by atoms with Crippen molar-refractivity contribution in [3.05, 3.63) is 58.6 Å². The molecule has 2 aromatic carbocycles. The molecule has 0 aromatic heterocycles. The summed E-state index contributed by atoms with van der Waals surface area (Å²) in [7, 11) is 0. The number of benzene rings is 2. The van der Waals surface area contributed by atoms with E-state index in [0.29, 0.717) is 10.6 Å². The van der Waals surface area contributed by atoms with Crippen LogP contribution in [0.5, 0.6) is 5.75 Å². The Morgan fingerprint density at radius 1 is 1.11 bits per heavy atom. The lowest BCUT2D eigenvalue weighted by Gasteiger charge is -2.18. The highest BCUT2D eigenvalue weighted by atomic mass is 35.5. The maximum absolute atomic E-state index is 12.3. The molecule has 8 nitrogen and oxygen atoms in total. The van der Waals surface area contributed by atoms with Gasteiger partial charge in [-0.1, -0.05) is 23.7 Å². The number of nitrogens with one attached hydrogen (secondary N) is 1. The van der Waals surface area contributed by atoms with Gasteiger partial charge >= 0.3 is 5.97 Å². The molecule has 0 saturated carbocycles. The van der Waals surface area contributed by atoms with Crippen molar-refractivity contribution in [2.24, 2.45) is 5.73 Å². The quantitative estimate of drug-likeness (QED) is 0.327. The Labute approximate surface area is 166 Å². The third-order valence-electron chi connectivity index (χ3n) is 4.05. The Kier molecular flexibility index (Phi) is 6.97. The van der Waals surface area contributed by atoms with Crippen LogP contribution >= 0.6 is 11.6 Å². The second-order valence-electron chi connectivity index (χ2n) is 6.24. The first-order valence-corrected chi connectivity index (χ1v) is 8.70. The molecule has 28 heavy (non-hydrogen) atoms. The number of Topliss-reactive ketones (excluding diaryl/α,β-unsaturated/α-hetero) is 1. The summed E-state index contributed by atoms with van der Waals surface area (Å²) in [6.07, 6.45) is -0.352. The van der Waals surface area contributed by atoms with Gasteiger partial charge in [-0.05, 0) is 35.9 Å². The fourth-order valence-electron chi connectivity index (χ4n) is 2.54. The summed E-state index contributed by atoms with van der Waals surface area (Å²) < 4.78 is 0. The van der Waals surface area contributed by atoms with Crippen LogP contribution in [0.3, 0.4) is 0 Å². The zero-order valence-corrected chi connectivity index (χ0v) is 15.5. The van der Waals surface area contributed by atoms with E-state index >= 15 is 0 Å². The number of rotatable bonds is 8. The largest absolute Gasteiger partial charge is 0.508 e. The Hall–Kier alpha value is -3.10. The predicted molar refractivity (Wildman–Crippen MR) is 104 cm³/mol. The lowest BCUT2D eigenvalue weighted by Crippen LogP contribution is -2.49. The smallest absolute Gasteiger partial charge is 0.326 e. The second kappa shape index (κ2) is 9.20. The second-order valence-corrected chi connectivity index (χ2v) is 6.67. The van der Waals surface area contributed by atoms with Crippen LogP contribution in [0.15, 0.2) is 42.5 Å². The van der Waals surface area contributed by atoms with Gasteiger partial charge in [0.1, 0.15) is 11.8 Å². The van der Waals surface area contributed by atoms with E-state index in [9.17, 15) is 24.6 Å². The van der Waals surface area contributed by atoms with Crippen molar-refractivity contribution in [3.63, 3.8) is 0 Å². The molecular weight excluding hydrogens is 386 g/mol. The number of phenolic OH excluding ortho intramolecular Hbond substituents is 1. The number of phenols is 1. The van der Waals surface area contributed by atoms with Gasteiger partial charge in [0.25, 0.3) is 0 Å². The maximum atomic E-state index is 12.3. The number of nitrogens with two attached hydrogens (primary N) is 2. The van der Waals surface area contributed by atoms with E-state index < -0.39 is 29.7 Å². The number of anilines is 1. The molecule has 0 saturated heterocycles. The standard InChI is InChI=1S/C19H20ClN3O5/c20-11-3-6-13(14(21)8-11)17(25)9-15(22)18(26)23-16(19(27)28)7-10-1-4-12(24)5-2-10/h1-6,8,15-16,24H,7,9,21-22H2,(H,23,26)(H,27,28)/t15?,16-/m0/s1. The summed E-state index contributed by atoms with van der Waals surface area (Å²) in [6.45, 7) is 0. The van der Waals surface area contributed by atoms with E-state index in [1.54, 1.807) is 12.1 Å². The summed E-state index contributed by atoms with van der Waals surface area (Å²) >= 11 is 5.79. The maximum Gasteiger partial charge on any atom is 0.326 e. The number of carbonyl (C=O) groups is 3. The highest BCUT2D eigenvalue weighted by Crippen LogP contribution is 2.20. The minimum Gasteiger partial charge on any atom is -0.508 e. The molecule has 2 aromatic rings. The summed E-state index contributed by atoms with van der Waals surface area (Å²) in [5, 5.41) is 21.3. The third-order valence-corrected chi connectivity index (χ3v) is 4.28. The molecule has 0 heterocycles.